The van der Waals surface area contributed by atoms with E-state index in [4.69, 9.17) is 5.11 Å². The third kappa shape index (κ3) is 2.83. The van der Waals surface area contributed by atoms with Gasteiger partial charge in [0.15, 0.2) is 5.65 Å². The van der Waals surface area contributed by atoms with Crippen molar-refractivity contribution >= 4 is 28.8 Å². The summed E-state index contributed by atoms with van der Waals surface area (Å²) in [6, 6.07) is 0. The molecule has 1 aliphatic carbocycles. The van der Waals surface area contributed by atoms with Crippen LogP contribution in [-0.2, 0) is 18.9 Å². The molecule has 0 saturated heterocycles. The van der Waals surface area contributed by atoms with E-state index in [1.165, 1.54) is 11.6 Å². The molecule has 8 nitrogen and oxygen atoms in total. The van der Waals surface area contributed by atoms with Gasteiger partial charge in [0.1, 0.15) is 16.2 Å². The second-order valence-electron chi connectivity index (χ2n) is 5.96. The number of carboxylic acids is 1. The Morgan fingerprint density at radius 2 is 1.88 bits per heavy atom. The van der Waals surface area contributed by atoms with Gasteiger partial charge in [-0.1, -0.05) is 24.6 Å². The summed E-state index contributed by atoms with van der Waals surface area (Å²) in [6.07, 6.45) is 4.12. The van der Waals surface area contributed by atoms with Crippen LogP contribution in [0.25, 0.3) is 11.0 Å². The molecule has 0 aliphatic heterocycles. The van der Waals surface area contributed by atoms with Crippen LogP contribution in [0.4, 0.5) is 0 Å². The summed E-state index contributed by atoms with van der Waals surface area (Å²) < 4.78 is 2.31. The first-order valence-electron chi connectivity index (χ1n) is 7.72. The van der Waals surface area contributed by atoms with E-state index >= 15 is 0 Å². The minimum Gasteiger partial charge on any atom is -0.481 e. The van der Waals surface area contributed by atoms with Gasteiger partial charge in [0, 0.05) is 20.0 Å². The summed E-state index contributed by atoms with van der Waals surface area (Å²) >= 11 is 0.989. The molecule has 0 bridgehead atoms. The molecule has 0 spiro atoms. The Morgan fingerprint density at radius 3 is 2.50 bits per heavy atom. The lowest BCUT2D eigenvalue weighted by Gasteiger charge is -2.14. The van der Waals surface area contributed by atoms with Gasteiger partial charge < -0.3 is 5.11 Å². The monoisotopic (exact) mass is 350 g/mol. The van der Waals surface area contributed by atoms with Crippen LogP contribution in [0.15, 0.2) is 14.6 Å². The Bertz CT molecular complexity index is 928. The van der Waals surface area contributed by atoms with Gasteiger partial charge in [0.2, 0.25) is 0 Å². The maximum absolute atomic E-state index is 12.5. The van der Waals surface area contributed by atoms with Gasteiger partial charge in [0.25, 0.3) is 5.56 Å². The standard InChI is InChI=1S/C15H18N4O4S/c1-18-12-10(14(22)19(2)15(18)23)13(24-7-9(20)21)17-11(16-12)8-5-3-4-6-8/h8H,3-7H2,1-2H3,(H,20,21). The largest absolute Gasteiger partial charge is 0.481 e. The van der Waals surface area contributed by atoms with E-state index in [0.29, 0.717) is 10.9 Å². The average Bonchev–Trinajstić information content (AvgIpc) is 3.09. The maximum atomic E-state index is 12.5. The lowest BCUT2D eigenvalue weighted by molar-refractivity contribution is -0.133. The van der Waals surface area contributed by atoms with Crippen molar-refractivity contribution in [3.05, 3.63) is 26.7 Å². The minimum atomic E-state index is -0.990. The molecule has 0 unspecified atom stereocenters. The first-order chi connectivity index (χ1) is 11.4. The number of nitrogens with zero attached hydrogens (tertiary/aromatic N) is 4. The molecule has 24 heavy (non-hydrogen) atoms. The molecule has 2 heterocycles. The molecule has 3 rings (SSSR count). The van der Waals surface area contributed by atoms with E-state index in [-0.39, 0.29) is 22.7 Å². The highest BCUT2D eigenvalue weighted by Gasteiger charge is 2.24. The van der Waals surface area contributed by atoms with Crippen molar-refractivity contribution in [1.82, 2.24) is 19.1 Å². The number of fused-ring (bicyclic) bond motifs is 1. The first-order valence-corrected chi connectivity index (χ1v) is 8.71. The van der Waals surface area contributed by atoms with E-state index in [2.05, 4.69) is 9.97 Å². The highest BCUT2D eigenvalue weighted by atomic mass is 32.2. The number of thioether (sulfide) groups is 1. The molecule has 1 fully saturated rings. The van der Waals surface area contributed by atoms with Gasteiger partial charge in [-0.25, -0.2) is 14.8 Å². The van der Waals surface area contributed by atoms with Gasteiger partial charge >= 0.3 is 11.7 Å². The number of aryl methyl sites for hydroxylation is 1. The van der Waals surface area contributed by atoms with Crippen LogP contribution in [-0.4, -0.2) is 35.9 Å². The lowest BCUT2D eigenvalue weighted by Crippen LogP contribution is -2.38. The van der Waals surface area contributed by atoms with Crippen molar-refractivity contribution in [2.75, 3.05) is 5.75 Å². The summed E-state index contributed by atoms with van der Waals surface area (Å²) in [5, 5.41) is 9.48. The molecule has 1 N–H and O–H groups in total. The normalized spacial score (nSPS) is 15.2. The van der Waals surface area contributed by atoms with E-state index in [1.807, 2.05) is 0 Å². The fourth-order valence-electron chi connectivity index (χ4n) is 3.05. The van der Waals surface area contributed by atoms with Crippen molar-refractivity contribution in [1.29, 1.82) is 0 Å². The number of carbonyl (C=O) groups is 1. The molecule has 0 radical (unpaired) electrons. The van der Waals surface area contributed by atoms with Crippen molar-refractivity contribution in [2.24, 2.45) is 14.1 Å². The zero-order valence-corrected chi connectivity index (χ0v) is 14.3. The van der Waals surface area contributed by atoms with Crippen molar-refractivity contribution < 1.29 is 9.90 Å². The fourth-order valence-corrected chi connectivity index (χ4v) is 3.79. The van der Waals surface area contributed by atoms with Crippen molar-refractivity contribution in [3.63, 3.8) is 0 Å². The summed E-state index contributed by atoms with van der Waals surface area (Å²) in [4.78, 5) is 44.6. The predicted molar refractivity (Wildman–Crippen MR) is 89.6 cm³/mol. The molecule has 9 heteroatoms. The predicted octanol–water partition coefficient (Wildman–Crippen LogP) is 0.861. The number of aromatic nitrogens is 4. The first kappa shape index (κ1) is 16.7. The SMILES string of the molecule is Cn1c(=O)c2c(SCC(=O)O)nc(C3CCCC3)nc2n(C)c1=O. The second-order valence-corrected chi connectivity index (χ2v) is 6.92. The summed E-state index contributed by atoms with van der Waals surface area (Å²) in [5.74, 6) is -0.410. The molecule has 0 atom stereocenters. The molecular weight excluding hydrogens is 332 g/mol. The van der Waals surface area contributed by atoms with Crippen LogP contribution in [0.1, 0.15) is 37.4 Å². The smallest absolute Gasteiger partial charge is 0.332 e. The molecule has 0 amide bonds. The molecule has 0 aromatic carbocycles. The second kappa shape index (κ2) is 6.39. The molecule has 2 aromatic heterocycles. The molecule has 1 aliphatic rings. The van der Waals surface area contributed by atoms with E-state index in [9.17, 15) is 14.4 Å². The Hall–Kier alpha value is -2.16. The molecule has 1 saturated carbocycles. The lowest BCUT2D eigenvalue weighted by atomic mass is 10.1. The number of carboxylic acid groups (broad SMARTS) is 1. The van der Waals surface area contributed by atoms with Crippen LogP contribution < -0.4 is 11.2 Å². The molecular formula is C15H18N4O4S. The summed E-state index contributed by atoms with van der Waals surface area (Å²) in [7, 11) is 2.95. The quantitative estimate of drug-likeness (QED) is 0.644. The van der Waals surface area contributed by atoms with Crippen LogP contribution in [0, 0.1) is 0 Å². The Labute approximate surface area is 141 Å². The maximum Gasteiger partial charge on any atom is 0.332 e. The van der Waals surface area contributed by atoms with Crippen LogP contribution >= 0.6 is 11.8 Å². The van der Waals surface area contributed by atoms with Crippen molar-refractivity contribution in [2.45, 2.75) is 36.6 Å². The van der Waals surface area contributed by atoms with E-state index in [0.717, 1.165) is 42.0 Å². The zero-order valence-electron chi connectivity index (χ0n) is 13.5. The number of rotatable bonds is 4. The van der Waals surface area contributed by atoms with Crippen LogP contribution in [0.3, 0.4) is 0 Å². The number of hydrogen-bond acceptors (Lipinski definition) is 6. The molecule has 128 valence electrons. The molecule has 2 aromatic rings. The summed E-state index contributed by atoms with van der Waals surface area (Å²) in [5.41, 5.74) is -0.690. The Kier molecular flexibility index (Phi) is 4.44. The fraction of sp³-hybridized carbons (Fsp3) is 0.533. The topological polar surface area (TPSA) is 107 Å². The van der Waals surface area contributed by atoms with Gasteiger partial charge in [-0.15, -0.1) is 0 Å². The minimum absolute atomic E-state index is 0.192. The average molecular weight is 350 g/mol. The van der Waals surface area contributed by atoms with Gasteiger partial charge in [-0.2, -0.15) is 0 Å². The Balaban J connectivity index is 2.29. The van der Waals surface area contributed by atoms with Crippen LogP contribution in [0.2, 0.25) is 0 Å². The highest BCUT2D eigenvalue weighted by Crippen LogP contribution is 2.34. The van der Waals surface area contributed by atoms with Crippen molar-refractivity contribution in [3.8, 4) is 0 Å². The summed E-state index contributed by atoms with van der Waals surface area (Å²) in [6.45, 7) is 0. The van der Waals surface area contributed by atoms with E-state index < -0.39 is 17.2 Å². The third-order valence-electron chi connectivity index (χ3n) is 4.34. The van der Waals surface area contributed by atoms with Crippen LogP contribution in [0.5, 0.6) is 0 Å². The number of aliphatic carboxylic acids is 1. The van der Waals surface area contributed by atoms with Gasteiger partial charge in [-0.3, -0.25) is 18.7 Å². The Morgan fingerprint density at radius 1 is 1.21 bits per heavy atom. The third-order valence-corrected chi connectivity index (χ3v) is 5.30. The van der Waals surface area contributed by atoms with Gasteiger partial charge in [-0.05, 0) is 12.8 Å². The highest BCUT2D eigenvalue weighted by molar-refractivity contribution is 8.00. The van der Waals surface area contributed by atoms with E-state index in [1.54, 1.807) is 7.05 Å². The van der Waals surface area contributed by atoms with Gasteiger partial charge in [0.05, 0.1) is 5.75 Å². The number of hydrogen-bond donors (Lipinski definition) is 1. The zero-order chi connectivity index (χ0) is 17.4.